The molecule has 0 saturated carbocycles. The van der Waals surface area contributed by atoms with Crippen molar-refractivity contribution < 1.29 is 9.53 Å². The molecule has 0 unspecified atom stereocenters. The predicted octanol–water partition coefficient (Wildman–Crippen LogP) is 4.92. The summed E-state index contributed by atoms with van der Waals surface area (Å²) >= 11 is 5.88. The van der Waals surface area contributed by atoms with Gasteiger partial charge in [-0.05, 0) is 54.4 Å². The molecule has 27 heavy (non-hydrogen) atoms. The number of hydrogen-bond acceptors (Lipinski definition) is 4. The standard InChI is InChI=1S/C21H20ClN3O2/c1-14-3-9-19(27-2)18(11-14)25-21(26)16-6-10-20(24-13-16)23-12-15-4-7-17(22)8-5-15/h3-11,13H,12H2,1-2H3,(H,23,24)(H,25,26). The average molecular weight is 382 g/mol. The summed E-state index contributed by atoms with van der Waals surface area (Å²) in [6.45, 7) is 2.58. The normalized spacial score (nSPS) is 10.3. The number of aryl methyl sites for hydroxylation is 1. The van der Waals surface area contributed by atoms with Gasteiger partial charge in [0.1, 0.15) is 11.6 Å². The highest BCUT2D eigenvalue weighted by molar-refractivity contribution is 6.30. The van der Waals surface area contributed by atoms with Gasteiger partial charge in [-0.3, -0.25) is 4.79 Å². The minimum absolute atomic E-state index is 0.240. The third-order valence-corrected chi connectivity index (χ3v) is 4.27. The van der Waals surface area contributed by atoms with Gasteiger partial charge in [-0.2, -0.15) is 0 Å². The second kappa shape index (κ2) is 8.56. The van der Waals surface area contributed by atoms with Crippen LogP contribution in [0, 0.1) is 6.92 Å². The van der Waals surface area contributed by atoms with E-state index in [4.69, 9.17) is 16.3 Å². The second-order valence-corrected chi connectivity index (χ2v) is 6.51. The van der Waals surface area contributed by atoms with Crippen LogP contribution < -0.4 is 15.4 Å². The van der Waals surface area contributed by atoms with Crippen LogP contribution in [0.4, 0.5) is 11.5 Å². The van der Waals surface area contributed by atoms with E-state index in [9.17, 15) is 4.79 Å². The van der Waals surface area contributed by atoms with E-state index < -0.39 is 0 Å². The zero-order valence-corrected chi connectivity index (χ0v) is 15.9. The molecule has 0 aliphatic carbocycles. The molecule has 3 rings (SSSR count). The number of carbonyl (C=O) groups excluding carboxylic acids is 1. The van der Waals surface area contributed by atoms with Gasteiger partial charge in [0, 0.05) is 17.8 Å². The van der Waals surface area contributed by atoms with E-state index in [1.54, 1.807) is 25.4 Å². The third kappa shape index (κ3) is 4.99. The highest BCUT2D eigenvalue weighted by Crippen LogP contribution is 2.25. The summed E-state index contributed by atoms with van der Waals surface area (Å²) in [5.74, 6) is 1.06. The van der Waals surface area contributed by atoms with Gasteiger partial charge in [-0.15, -0.1) is 0 Å². The Morgan fingerprint density at radius 3 is 2.56 bits per heavy atom. The van der Waals surface area contributed by atoms with Gasteiger partial charge in [0.2, 0.25) is 0 Å². The fourth-order valence-corrected chi connectivity index (χ4v) is 2.67. The average Bonchev–Trinajstić information content (AvgIpc) is 2.68. The number of anilines is 2. The Balaban J connectivity index is 1.63. The maximum atomic E-state index is 12.5. The van der Waals surface area contributed by atoms with Crippen LogP contribution in [0.15, 0.2) is 60.8 Å². The van der Waals surface area contributed by atoms with Gasteiger partial charge in [0.05, 0.1) is 18.4 Å². The van der Waals surface area contributed by atoms with Gasteiger partial charge in [0.15, 0.2) is 0 Å². The highest BCUT2D eigenvalue weighted by atomic mass is 35.5. The summed E-state index contributed by atoms with van der Waals surface area (Å²) in [7, 11) is 1.57. The number of rotatable bonds is 6. The predicted molar refractivity (Wildman–Crippen MR) is 109 cm³/mol. The fourth-order valence-electron chi connectivity index (χ4n) is 2.54. The van der Waals surface area contributed by atoms with Gasteiger partial charge in [-0.25, -0.2) is 4.98 Å². The Morgan fingerprint density at radius 1 is 1.11 bits per heavy atom. The molecule has 0 bridgehead atoms. The van der Waals surface area contributed by atoms with E-state index in [0.717, 1.165) is 11.1 Å². The van der Waals surface area contributed by atoms with Crippen LogP contribution in [0.2, 0.25) is 5.02 Å². The van der Waals surface area contributed by atoms with E-state index >= 15 is 0 Å². The van der Waals surface area contributed by atoms with Gasteiger partial charge in [0.25, 0.3) is 5.91 Å². The molecule has 1 heterocycles. The van der Waals surface area contributed by atoms with Gasteiger partial charge in [-0.1, -0.05) is 29.8 Å². The molecule has 0 aliphatic heterocycles. The first-order chi connectivity index (χ1) is 13.0. The van der Waals surface area contributed by atoms with Crippen LogP contribution >= 0.6 is 11.6 Å². The monoisotopic (exact) mass is 381 g/mol. The van der Waals surface area contributed by atoms with Crippen molar-refractivity contribution >= 4 is 29.0 Å². The van der Waals surface area contributed by atoms with E-state index in [2.05, 4.69) is 15.6 Å². The molecular weight excluding hydrogens is 362 g/mol. The van der Waals surface area contributed by atoms with Crippen molar-refractivity contribution in [3.05, 3.63) is 82.5 Å². The maximum Gasteiger partial charge on any atom is 0.257 e. The highest BCUT2D eigenvalue weighted by Gasteiger charge is 2.10. The first kappa shape index (κ1) is 18.7. The molecule has 5 nitrogen and oxygen atoms in total. The number of nitrogens with one attached hydrogen (secondary N) is 2. The molecule has 1 aromatic heterocycles. The van der Waals surface area contributed by atoms with Crippen molar-refractivity contribution in [2.75, 3.05) is 17.7 Å². The van der Waals surface area contributed by atoms with E-state index in [1.165, 1.54) is 0 Å². The maximum absolute atomic E-state index is 12.5. The van der Waals surface area contributed by atoms with Gasteiger partial charge >= 0.3 is 0 Å². The Bertz CT molecular complexity index is 925. The molecule has 0 atom stereocenters. The van der Waals surface area contributed by atoms with Crippen molar-refractivity contribution in [2.24, 2.45) is 0 Å². The number of halogens is 1. The molecule has 2 N–H and O–H groups in total. The first-order valence-electron chi connectivity index (χ1n) is 8.45. The number of benzene rings is 2. The summed E-state index contributed by atoms with van der Waals surface area (Å²) in [5.41, 5.74) is 3.23. The molecule has 3 aromatic rings. The number of nitrogens with zero attached hydrogens (tertiary/aromatic N) is 1. The summed E-state index contributed by atoms with van der Waals surface area (Å²) in [6, 6.07) is 16.7. The molecule has 0 spiro atoms. The molecule has 1 amide bonds. The van der Waals surface area contributed by atoms with Gasteiger partial charge < -0.3 is 15.4 Å². The summed E-state index contributed by atoms with van der Waals surface area (Å²) in [5, 5.41) is 6.79. The number of hydrogen-bond donors (Lipinski definition) is 2. The number of ether oxygens (including phenoxy) is 1. The van der Waals surface area contributed by atoms with Crippen LogP contribution in [0.3, 0.4) is 0 Å². The Morgan fingerprint density at radius 2 is 1.89 bits per heavy atom. The molecule has 0 aliphatic rings. The number of methoxy groups -OCH3 is 1. The minimum Gasteiger partial charge on any atom is -0.495 e. The number of amides is 1. The summed E-state index contributed by atoms with van der Waals surface area (Å²) in [4.78, 5) is 16.8. The van der Waals surface area contributed by atoms with Crippen molar-refractivity contribution in [2.45, 2.75) is 13.5 Å². The van der Waals surface area contributed by atoms with E-state index in [0.29, 0.717) is 34.4 Å². The fraction of sp³-hybridized carbons (Fsp3) is 0.143. The first-order valence-corrected chi connectivity index (χ1v) is 8.83. The largest absolute Gasteiger partial charge is 0.495 e. The van der Waals surface area contributed by atoms with Crippen molar-refractivity contribution in [1.29, 1.82) is 0 Å². The Labute approximate surface area is 163 Å². The molecule has 6 heteroatoms. The lowest BCUT2D eigenvalue weighted by Crippen LogP contribution is -2.13. The lowest BCUT2D eigenvalue weighted by Gasteiger charge is -2.11. The summed E-state index contributed by atoms with van der Waals surface area (Å²) < 4.78 is 5.29. The van der Waals surface area contributed by atoms with E-state index in [1.807, 2.05) is 49.4 Å². The van der Waals surface area contributed by atoms with E-state index in [-0.39, 0.29) is 5.91 Å². The second-order valence-electron chi connectivity index (χ2n) is 6.07. The zero-order chi connectivity index (χ0) is 19.2. The molecule has 138 valence electrons. The topological polar surface area (TPSA) is 63.2 Å². The molecule has 2 aromatic carbocycles. The smallest absolute Gasteiger partial charge is 0.257 e. The molecule has 0 radical (unpaired) electrons. The lowest BCUT2D eigenvalue weighted by molar-refractivity contribution is 0.102. The van der Waals surface area contributed by atoms with Crippen molar-refractivity contribution in [3.63, 3.8) is 0 Å². The molecular formula is C21H20ClN3O2. The van der Waals surface area contributed by atoms with Crippen LogP contribution in [-0.4, -0.2) is 18.0 Å². The quantitative estimate of drug-likeness (QED) is 0.636. The number of aromatic nitrogens is 1. The SMILES string of the molecule is COc1ccc(C)cc1NC(=O)c1ccc(NCc2ccc(Cl)cc2)nc1. The number of carbonyl (C=O) groups is 1. The van der Waals surface area contributed by atoms with Crippen LogP contribution in [0.25, 0.3) is 0 Å². The van der Waals surface area contributed by atoms with Crippen molar-refractivity contribution in [1.82, 2.24) is 4.98 Å². The minimum atomic E-state index is -0.240. The lowest BCUT2D eigenvalue weighted by atomic mass is 10.2. The van der Waals surface area contributed by atoms with Crippen LogP contribution in [0.1, 0.15) is 21.5 Å². The Kier molecular flexibility index (Phi) is 5.94. The molecule has 0 fully saturated rings. The number of pyridine rings is 1. The Hall–Kier alpha value is -3.05. The van der Waals surface area contributed by atoms with Crippen LogP contribution in [0.5, 0.6) is 5.75 Å². The van der Waals surface area contributed by atoms with Crippen molar-refractivity contribution in [3.8, 4) is 5.75 Å². The third-order valence-electron chi connectivity index (χ3n) is 4.02. The van der Waals surface area contributed by atoms with Crippen LogP contribution in [-0.2, 0) is 6.54 Å². The summed E-state index contributed by atoms with van der Waals surface area (Å²) in [6.07, 6.45) is 1.54. The molecule has 0 saturated heterocycles. The zero-order valence-electron chi connectivity index (χ0n) is 15.1.